The lowest BCUT2D eigenvalue weighted by Crippen LogP contribution is -2.51. The minimum absolute atomic E-state index is 0.166. The van der Waals surface area contributed by atoms with Crippen molar-refractivity contribution in [2.75, 3.05) is 16.9 Å². The number of carbonyl (C=O) groups is 2. The Morgan fingerprint density at radius 1 is 0.903 bits per heavy atom. The molecular formula is C25H27ClN2O2S. The van der Waals surface area contributed by atoms with E-state index in [-0.39, 0.29) is 17.2 Å². The first-order valence-corrected chi connectivity index (χ1v) is 12.6. The molecular weight excluding hydrogens is 428 g/mol. The molecule has 4 nitrogen and oxygen atoms in total. The third kappa shape index (κ3) is 4.10. The van der Waals surface area contributed by atoms with Crippen LogP contribution >= 0.6 is 23.4 Å². The number of benzene rings is 2. The van der Waals surface area contributed by atoms with Crippen molar-refractivity contribution in [3.63, 3.8) is 0 Å². The summed E-state index contributed by atoms with van der Waals surface area (Å²) in [5, 5.41) is 6.48. The van der Waals surface area contributed by atoms with Gasteiger partial charge in [-0.2, -0.15) is 0 Å². The second kappa shape index (κ2) is 8.18. The Morgan fingerprint density at radius 3 is 2.00 bits per heavy atom. The van der Waals surface area contributed by atoms with Crippen LogP contribution < -0.4 is 10.6 Å². The van der Waals surface area contributed by atoms with Crippen molar-refractivity contribution in [3.8, 4) is 0 Å². The van der Waals surface area contributed by atoms with Gasteiger partial charge >= 0.3 is 0 Å². The second-order valence-electron chi connectivity index (χ2n) is 9.53. The maximum Gasteiger partial charge on any atom is 0.257 e. The molecule has 0 radical (unpaired) electrons. The first-order valence-electron chi connectivity index (χ1n) is 11.0. The van der Waals surface area contributed by atoms with Gasteiger partial charge in [0.2, 0.25) is 5.91 Å². The lowest BCUT2D eigenvalue weighted by atomic mass is 9.49. The van der Waals surface area contributed by atoms with Crippen LogP contribution in [0.4, 0.5) is 11.4 Å². The number of amides is 2. The van der Waals surface area contributed by atoms with E-state index in [1.165, 1.54) is 19.3 Å². The highest BCUT2D eigenvalue weighted by atomic mass is 35.5. The molecule has 2 aromatic rings. The first kappa shape index (κ1) is 20.9. The van der Waals surface area contributed by atoms with Crippen LogP contribution in [0.3, 0.4) is 0 Å². The molecule has 4 saturated carbocycles. The average Bonchev–Trinajstić information content (AvgIpc) is 2.74. The van der Waals surface area contributed by atoms with Crippen molar-refractivity contribution in [2.45, 2.75) is 43.4 Å². The summed E-state index contributed by atoms with van der Waals surface area (Å²) in [4.78, 5) is 26.8. The summed E-state index contributed by atoms with van der Waals surface area (Å²) in [6.45, 7) is 0. The SMILES string of the molecule is CSc1ccc(Cl)c(C(=O)Nc2ccc(NC(=O)C34CC5CC(CC(C5)C3)C4)cc2)c1. The van der Waals surface area contributed by atoms with E-state index in [2.05, 4.69) is 10.6 Å². The van der Waals surface area contributed by atoms with Crippen LogP contribution in [0.5, 0.6) is 0 Å². The third-order valence-electron chi connectivity index (χ3n) is 7.34. The highest BCUT2D eigenvalue weighted by molar-refractivity contribution is 7.98. The molecule has 162 valence electrons. The Bertz CT molecular complexity index is 985. The summed E-state index contributed by atoms with van der Waals surface area (Å²) in [5.41, 5.74) is 1.73. The molecule has 0 aliphatic heterocycles. The Hall–Kier alpha value is -1.98. The number of anilines is 2. The van der Waals surface area contributed by atoms with E-state index in [1.54, 1.807) is 23.9 Å². The number of hydrogen-bond donors (Lipinski definition) is 2. The van der Waals surface area contributed by atoms with Gasteiger partial charge in [0.05, 0.1) is 16.0 Å². The molecule has 0 unspecified atom stereocenters. The minimum atomic E-state index is -0.244. The van der Waals surface area contributed by atoms with Gasteiger partial charge in [0.25, 0.3) is 5.91 Å². The molecule has 6 rings (SSSR count). The molecule has 4 fully saturated rings. The molecule has 4 bridgehead atoms. The Balaban J connectivity index is 1.24. The predicted octanol–water partition coefficient (Wildman–Crippen LogP) is 6.47. The molecule has 0 atom stereocenters. The van der Waals surface area contributed by atoms with Crippen molar-refractivity contribution >= 4 is 46.6 Å². The monoisotopic (exact) mass is 454 g/mol. The lowest BCUT2D eigenvalue weighted by molar-refractivity contribution is -0.140. The molecule has 0 spiro atoms. The number of rotatable bonds is 5. The van der Waals surface area contributed by atoms with Crippen molar-refractivity contribution in [3.05, 3.63) is 53.1 Å². The number of halogens is 1. The topological polar surface area (TPSA) is 58.2 Å². The van der Waals surface area contributed by atoms with E-state index in [1.807, 2.05) is 36.6 Å². The predicted molar refractivity (Wildman–Crippen MR) is 127 cm³/mol. The van der Waals surface area contributed by atoms with E-state index >= 15 is 0 Å². The van der Waals surface area contributed by atoms with E-state index in [0.717, 1.165) is 47.6 Å². The van der Waals surface area contributed by atoms with Crippen LogP contribution in [0, 0.1) is 23.2 Å². The molecule has 2 amide bonds. The van der Waals surface area contributed by atoms with E-state index in [9.17, 15) is 9.59 Å². The zero-order chi connectivity index (χ0) is 21.6. The van der Waals surface area contributed by atoms with Gasteiger partial charge in [0.1, 0.15) is 0 Å². The smallest absolute Gasteiger partial charge is 0.257 e. The molecule has 0 aromatic heterocycles. The number of carbonyl (C=O) groups excluding carboxylic acids is 2. The summed E-state index contributed by atoms with van der Waals surface area (Å²) in [7, 11) is 0. The highest BCUT2D eigenvalue weighted by Crippen LogP contribution is 2.60. The normalized spacial score (nSPS) is 28.4. The van der Waals surface area contributed by atoms with Gasteiger partial charge in [0.15, 0.2) is 0 Å². The molecule has 2 N–H and O–H groups in total. The van der Waals surface area contributed by atoms with Crippen molar-refractivity contribution < 1.29 is 9.59 Å². The Kier molecular flexibility index (Phi) is 5.51. The quantitative estimate of drug-likeness (QED) is 0.509. The van der Waals surface area contributed by atoms with E-state index < -0.39 is 0 Å². The molecule has 4 aliphatic carbocycles. The van der Waals surface area contributed by atoms with Crippen LogP contribution in [0.1, 0.15) is 48.9 Å². The maximum atomic E-state index is 13.2. The molecule has 0 saturated heterocycles. The van der Waals surface area contributed by atoms with Crippen LogP contribution in [-0.2, 0) is 4.79 Å². The molecule has 4 aliphatic rings. The van der Waals surface area contributed by atoms with Crippen LogP contribution in [0.25, 0.3) is 0 Å². The largest absolute Gasteiger partial charge is 0.326 e. The van der Waals surface area contributed by atoms with Crippen LogP contribution in [-0.4, -0.2) is 18.1 Å². The molecule has 0 heterocycles. The van der Waals surface area contributed by atoms with Crippen LogP contribution in [0.15, 0.2) is 47.4 Å². The van der Waals surface area contributed by atoms with Crippen molar-refractivity contribution in [2.24, 2.45) is 23.2 Å². The highest BCUT2D eigenvalue weighted by Gasteiger charge is 2.54. The lowest BCUT2D eigenvalue weighted by Gasteiger charge is -2.55. The zero-order valence-electron chi connectivity index (χ0n) is 17.6. The van der Waals surface area contributed by atoms with Gasteiger partial charge in [-0.25, -0.2) is 0 Å². The van der Waals surface area contributed by atoms with E-state index in [4.69, 9.17) is 11.6 Å². The van der Waals surface area contributed by atoms with E-state index in [0.29, 0.717) is 16.3 Å². The number of nitrogens with one attached hydrogen (secondary N) is 2. The summed E-state index contributed by atoms with van der Waals surface area (Å²) in [5.74, 6) is 2.17. The molecule has 31 heavy (non-hydrogen) atoms. The summed E-state index contributed by atoms with van der Waals surface area (Å²) < 4.78 is 0. The Morgan fingerprint density at radius 2 is 1.45 bits per heavy atom. The maximum absolute atomic E-state index is 13.2. The summed E-state index contributed by atoms with van der Waals surface area (Å²) >= 11 is 7.77. The second-order valence-corrected chi connectivity index (χ2v) is 10.8. The number of hydrogen-bond acceptors (Lipinski definition) is 3. The third-order valence-corrected chi connectivity index (χ3v) is 8.39. The summed E-state index contributed by atoms with van der Waals surface area (Å²) in [6, 6.07) is 12.8. The standard InChI is InChI=1S/C25H27ClN2O2S/c1-31-20-6-7-22(26)21(11-20)23(29)27-18-2-4-19(5-3-18)28-24(30)25-12-15-8-16(13-25)10-17(9-15)14-25/h2-7,11,15-17H,8-10,12-14H2,1H3,(H,27,29)(H,28,30). The molecule has 2 aromatic carbocycles. The zero-order valence-corrected chi connectivity index (χ0v) is 19.2. The fourth-order valence-electron chi connectivity index (χ4n) is 6.29. The van der Waals surface area contributed by atoms with Crippen LogP contribution in [0.2, 0.25) is 5.02 Å². The molecule has 6 heteroatoms. The van der Waals surface area contributed by atoms with Gasteiger partial charge in [-0.3, -0.25) is 9.59 Å². The van der Waals surface area contributed by atoms with Gasteiger partial charge in [-0.05, 0) is 105 Å². The average molecular weight is 455 g/mol. The van der Waals surface area contributed by atoms with Gasteiger partial charge < -0.3 is 10.6 Å². The first-order chi connectivity index (χ1) is 14.9. The fraction of sp³-hybridized carbons (Fsp3) is 0.440. The van der Waals surface area contributed by atoms with Gasteiger partial charge in [-0.15, -0.1) is 11.8 Å². The van der Waals surface area contributed by atoms with Gasteiger partial charge in [0, 0.05) is 16.3 Å². The number of thioether (sulfide) groups is 1. The van der Waals surface area contributed by atoms with Crippen molar-refractivity contribution in [1.82, 2.24) is 0 Å². The van der Waals surface area contributed by atoms with Crippen molar-refractivity contribution in [1.29, 1.82) is 0 Å². The summed E-state index contributed by atoms with van der Waals surface area (Å²) in [6.07, 6.45) is 9.08. The Labute approximate surface area is 192 Å². The van der Waals surface area contributed by atoms with Gasteiger partial charge in [-0.1, -0.05) is 11.6 Å². The minimum Gasteiger partial charge on any atom is -0.326 e. The fourth-order valence-corrected chi connectivity index (χ4v) is 6.94.